The van der Waals surface area contributed by atoms with Gasteiger partial charge in [-0.3, -0.25) is 0 Å². The third-order valence-electron chi connectivity index (χ3n) is 4.02. The number of hydrogen-bond acceptors (Lipinski definition) is 4. The molecule has 1 aliphatic carbocycles. The summed E-state index contributed by atoms with van der Waals surface area (Å²) in [6.45, 7) is 5.71. The van der Waals surface area contributed by atoms with Crippen LogP contribution < -0.4 is 11.1 Å². The fourth-order valence-electron chi connectivity index (χ4n) is 2.53. The Hall–Kier alpha value is -1.72. The highest BCUT2D eigenvalue weighted by Gasteiger charge is 2.25. The Labute approximate surface area is 131 Å². The van der Waals surface area contributed by atoms with E-state index in [0.717, 1.165) is 30.2 Å². The lowest BCUT2D eigenvalue weighted by Gasteiger charge is -2.08. The van der Waals surface area contributed by atoms with Crippen molar-refractivity contribution in [3.63, 3.8) is 0 Å². The Kier molecular flexibility index (Phi) is 4.55. The molecule has 2 aromatic rings. The largest absolute Gasteiger partial charge is 0.330 e. The van der Waals surface area contributed by atoms with Gasteiger partial charge in [0, 0.05) is 18.2 Å². The molecular formula is C17H25N5. The predicted octanol–water partition coefficient (Wildman–Crippen LogP) is 2.42. The lowest BCUT2D eigenvalue weighted by atomic mass is 10.1. The van der Waals surface area contributed by atoms with Gasteiger partial charge in [-0.2, -0.15) is 5.10 Å². The van der Waals surface area contributed by atoms with Gasteiger partial charge in [0.1, 0.15) is 0 Å². The first kappa shape index (κ1) is 15.2. The van der Waals surface area contributed by atoms with Gasteiger partial charge in [-0.25, -0.2) is 9.67 Å². The zero-order chi connectivity index (χ0) is 15.5. The minimum Gasteiger partial charge on any atom is -0.330 e. The van der Waals surface area contributed by atoms with Crippen LogP contribution in [0, 0.1) is 6.92 Å². The number of rotatable bonds is 7. The molecule has 5 nitrogen and oxygen atoms in total. The summed E-state index contributed by atoms with van der Waals surface area (Å²) < 4.78 is 2.00. The lowest BCUT2D eigenvalue weighted by molar-refractivity contribution is 0.523. The van der Waals surface area contributed by atoms with Gasteiger partial charge in [-0.05, 0) is 39.7 Å². The van der Waals surface area contributed by atoms with E-state index in [-0.39, 0.29) is 6.04 Å². The van der Waals surface area contributed by atoms with Crippen LogP contribution in [-0.4, -0.2) is 27.4 Å². The molecule has 3 N–H and O–H groups in total. The summed E-state index contributed by atoms with van der Waals surface area (Å²) in [7, 11) is 0. The lowest BCUT2D eigenvalue weighted by Crippen LogP contribution is -2.22. The molecule has 22 heavy (non-hydrogen) atoms. The molecule has 1 aliphatic rings. The molecule has 1 aromatic carbocycles. The van der Waals surface area contributed by atoms with Crippen LogP contribution in [0.25, 0.3) is 11.4 Å². The van der Waals surface area contributed by atoms with Gasteiger partial charge in [0.15, 0.2) is 11.6 Å². The molecule has 1 heterocycles. The van der Waals surface area contributed by atoms with Crippen molar-refractivity contribution in [3.8, 4) is 11.4 Å². The highest BCUT2D eigenvalue weighted by molar-refractivity contribution is 5.55. The monoisotopic (exact) mass is 299 g/mol. The zero-order valence-corrected chi connectivity index (χ0v) is 13.4. The van der Waals surface area contributed by atoms with E-state index >= 15 is 0 Å². The molecule has 0 bridgehead atoms. The van der Waals surface area contributed by atoms with Crippen molar-refractivity contribution in [1.29, 1.82) is 0 Å². The van der Waals surface area contributed by atoms with E-state index in [1.165, 1.54) is 18.4 Å². The van der Waals surface area contributed by atoms with Crippen LogP contribution >= 0.6 is 0 Å². The van der Waals surface area contributed by atoms with Crippen LogP contribution in [0.15, 0.2) is 24.3 Å². The van der Waals surface area contributed by atoms with Crippen molar-refractivity contribution in [1.82, 2.24) is 20.1 Å². The summed E-state index contributed by atoms with van der Waals surface area (Å²) in [5, 5.41) is 8.28. The molecule has 0 aliphatic heterocycles. The van der Waals surface area contributed by atoms with Crippen LogP contribution in [0.1, 0.15) is 43.6 Å². The van der Waals surface area contributed by atoms with Gasteiger partial charge in [-0.15, -0.1) is 0 Å². The summed E-state index contributed by atoms with van der Waals surface area (Å²) in [5.41, 5.74) is 8.01. The van der Waals surface area contributed by atoms with Crippen molar-refractivity contribution in [2.75, 3.05) is 6.54 Å². The second-order valence-electron chi connectivity index (χ2n) is 6.19. The van der Waals surface area contributed by atoms with Crippen molar-refractivity contribution in [2.45, 2.75) is 51.7 Å². The van der Waals surface area contributed by atoms with Crippen LogP contribution in [0.2, 0.25) is 0 Å². The molecule has 1 fully saturated rings. The number of aryl methyl sites for hydroxylation is 2. The molecule has 0 saturated heterocycles. The summed E-state index contributed by atoms with van der Waals surface area (Å²) in [6.07, 6.45) is 3.44. The highest BCUT2D eigenvalue weighted by Crippen LogP contribution is 2.25. The van der Waals surface area contributed by atoms with Gasteiger partial charge < -0.3 is 11.1 Å². The van der Waals surface area contributed by atoms with Crippen LogP contribution in [-0.2, 0) is 6.54 Å². The molecule has 1 saturated carbocycles. The number of benzene rings is 1. The molecule has 1 atom stereocenters. The van der Waals surface area contributed by atoms with E-state index in [9.17, 15) is 0 Å². The Bertz CT molecular complexity index is 612. The summed E-state index contributed by atoms with van der Waals surface area (Å²) >= 11 is 0. The maximum absolute atomic E-state index is 5.65. The van der Waals surface area contributed by atoms with Gasteiger partial charge >= 0.3 is 0 Å². The van der Waals surface area contributed by atoms with Gasteiger partial charge in [0.05, 0.1) is 6.04 Å². The predicted molar refractivity (Wildman–Crippen MR) is 88.4 cm³/mol. The van der Waals surface area contributed by atoms with Crippen molar-refractivity contribution >= 4 is 0 Å². The SMILES string of the molecule is Cc1ccc(-c2nc([C@@H](C)NC3CC3)nn2CCCN)cc1. The number of nitrogens with zero attached hydrogens (tertiary/aromatic N) is 3. The fraction of sp³-hybridized carbons (Fsp3) is 0.529. The second kappa shape index (κ2) is 6.58. The standard InChI is InChI=1S/C17H25N5/c1-12-4-6-14(7-5-12)17-20-16(13(2)19-15-8-9-15)21-22(17)11-3-10-18/h4-7,13,15,19H,3,8-11,18H2,1-2H3/t13-/m1/s1. The van der Waals surface area contributed by atoms with E-state index in [1.807, 2.05) is 4.68 Å². The summed E-state index contributed by atoms with van der Waals surface area (Å²) in [4.78, 5) is 4.79. The Balaban J connectivity index is 1.87. The molecule has 0 amide bonds. The maximum Gasteiger partial charge on any atom is 0.167 e. The second-order valence-corrected chi connectivity index (χ2v) is 6.19. The normalized spacial score (nSPS) is 16.0. The molecule has 0 unspecified atom stereocenters. The fourth-order valence-corrected chi connectivity index (χ4v) is 2.53. The van der Waals surface area contributed by atoms with Gasteiger partial charge in [0.2, 0.25) is 0 Å². The highest BCUT2D eigenvalue weighted by atomic mass is 15.4. The van der Waals surface area contributed by atoms with E-state index < -0.39 is 0 Å². The third-order valence-corrected chi connectivity index (χ3v) is 4.02. The summed E-state index contributed by atoms with van der Waals surface area (Å²) in [5.74, 6) is 1.81. The van der Waals surface area contributed by atoms with E-state index in [2.05, 4.69) is 43.4 Å². The molecule has 118 valence electrons. The Morgan fingerprint density at radius 3 is 2.68 bits per heavy atom. The molecule has 0 spiro atoms. The first-order valence-electron chi connectivity index (χ1n) is 8.15. The average Bonchev–Trinajstić information content (AvgIpc) is 3.22. The minimum absolute atomic E-state index is 0.191. The van der Waals surface area contributed by atoms with Crippen LogP contribution in [0.4, 0.5) is 0 Å². The number of hydrogen-bond donors (Lipinski definition) is 2. The van der Waals surface area contributed by atoms with Crippen molar-refractivity contribution in [2.24, 2.45) is 5.73 Å². The number of aromatic nitrogens is 3. The quantitative estimate of drug-likeness (QED) is 0.824. The van der Waals surface area contributed by atoms with E-state index in [4.69, 9.17) is 15.8 Å². The first-order valence-corrected chi connectivity index (χ1v) is 8.15. The van der Waals surface area contributed by atoms with E-state index in [1.54, 1.807) is 0 Å². The number of nitrogens with one attached hydrogen (secondary N) is 1. The topological polar surface area (TPSA) is 68.8 Å². The van der Waals surface area contributed by atoms with Crippen LogP contribution in [0.5, 0.6) is 0 Å². The molecule has 0 radical (unpaired) electrons. The third kappa shape index (κ3) is 3.54. The molecule has 3 rings (SSSR count). The van der Waals surface area contributed by atoms with Crippen molar-refractivity contribution in [3.05, 3.63) is 35.7 Å². The molecular weight excluding hydrogens is 274 g/mol. The Morgan fingerprint density at radius 2 is 2.05 bits per heavy atom. The average molecular weight is 299 g/mol. The smallest absolute Gasteiger partial charge is 0.167 e. The number of nitrogens with two attached hydrogens (primary N) is 1. The summed E-state index contributed by atoms with van der Waals surface area (Å²) in [6, 6.07) is 9.29. The van der Waals surface area contributed by atoms with Crippen molar-refractivity contribution < 1.29 is 0 Å². The van der Waals surface area contributed by atoms with E-state index in [0.29, 0.717) is 12.6 Å². The van der Waals surface area contributed by atoms with Gasteiger partial charge in [0.25, 0.3) is 0 Å². The molecule has 1 aromatic heterocycles. The van der Waals surface area contributed by atoms with Crippen LogP contribution in [0.3, 0.4) is 0 Å². The zero-order valence-electron chi connectivity index (χ0n) is 13.4. The Morgan fingerprint density at radius 1 is 1.32 bits per heavy atom. The maximum atomic E-state index is 5.65. The first-order chi connectivity index (χ1) is 10.7. The minimum atomic E-state index is 0.191. The van der Waals surface area contributed by atoms with Gasteiger partial charge in [-0.1, -0.05) is 29.8 Å². The molecule has 5 heteroatoms.